The van der Waals surface area contributed by atoms with Crippen LogP contribution in [0.2, 0.25) is 0 Å². The van der Waals surface area contributed by atoms with Gasteiger partial charge in [0.15, 0.2) is 0 Å². The molecular weight excluding hydrogens is 362 g/mol. The molecule has 3 aromatic rings. The maximum Gasteiger partial charge on any atom is 0.418 e. The maximum atomic E-state index is 13.0. The van der Waals surface area contributed by atoms with Crippen LogP contribution in [0.5, 0.6) is 0 Å². The second-order valence-corrected chi connectivity index (χ2v) is 5.56. The van der Waals surface area contributed by atoms with Crippen molar-refractivity contribution in [3.05, 3.63) is 83.8 Å². The van der Waals surface area contributed by atoms with Crippen molar-refractivity contribution in [1.82, 2.24) is 4.98 Å². The van der Waals surface area contributed by atoms with E-state index in [0.717, 1.165) is 6.07 Å². The first-order valence-corrected chi connectivity index (χ1v) is 7.79. The molecule has 3 rings (SSSR count). The summed E-state index contributed by atoms with van der Waals surface area (Å²) in [6.07, 6.45) is -3.24. The fraction of sp³-hybridized carbons (Fsp3) is 0.0526. The zero-order valence-electron chi connectivity index (χ0n) is 13.7. The molecule has 0 bridgehead atoms. The first-order chi connectivity index (χ1) is 12.8. The molecule has 2 N–H and O–H groups in total. The number of carbonyl (C=O) groups is 1. The van der Waals surface area contributed by atoms with Crippen molar-refractivity contribution in [1.29, 1.82) is 0 Å². The summed E-state index contributed by atoms with van der Waals surface area (Å²) in [5, 5.41) is 5.16. The third-order valence-corrected chi connectivity index (χ3v) is 3.62. The molecule has 8 heteroatoms. The number of para-hydroxylation sites is 1. The van der Waals surface area contributed by atoms with Gasteiger partial charge in [-0.1, -0.05) is 12.1 Å². The Kier molecular flexibility index (Phi) is 5.07. The Morgan fingerprint density at radius 3 is 2.37 bits per heavy atom. The summed E-state index contributed by atoms with van der Waals surface area (Å²) in [5.74, 6) is -0.820. The number of nitrogens with one attached hydrogen (secondary N) is 2. The summed E-state index contributed by atoms with van der Waals surface area (Å²) >= 11 is 0. The summed E-state index contributed by atoms with van der Waals surface area (Å²) in [6.45, 7) is 0. The van der Waals surface area contributed by atoms with Gasteiger partial charge in [0.05, 0.1) is 11.3 Å². The highest BCUT2D eigenvalue weighted by atomic mass is 19.4. The molecule has 4 nitrogen and oxygen atoms in total. The van der Waals surface area contributed by atoms with Gasteiger partial charge in [0.25, 0.3) is 5.91 Å². The molecule has 1 amide bonds. The van der Waals surface area contributed by atoms with Gasteiger partial charge in [0, 0.05) is 17.4 Å². The summed E-state index contributed by atoms with van der Waals surface area (Å²) in [6, 6.07) is 13.0. The number of alkyl halides is 3. The largest absolute Gasteiger partial charge is 0.418 e. The van der Waals surface area contributed by atoms with Gasteiger partial charge in [0.1, 0.15) is 11.6 Å². The van der Waals surface area contributed by atoms with Crippen LogP contribution in [0, 0.1) is 5.82 Å². The van der Waals surface area contributed by atoms with Crippen molar-refractivity contribution < 1.29 is 22.4 Å². The second kappa shape index (κ2) is 7.45. The number of rotatable bonds is 4. The molecule has 1 heterocycles. The van der Waals surface area contributed by atoms with E-state index in [1.807, 2.05) is 0 Å². The van der Waals surface area contributed by atoms with E-state index in [0.29, 0.717) is 11.5 Å². The van der Waals surface area contributed by atoms with Crippen LogP contribution in [0.15, 0.2) is 66.9 Å². The number of aromatic nitrogens is 1. The smallest absolute Gasteiger partial charge is 0.340 e. The summed E-state index contributed by atoms with van der Waals surface area (Å²) in [4.78, 5) is 16.4. The standard InChI is InChI=1S/C19H13F4N3O/c20-13-5-7-14(8-6-13)25-17-11-12(9-10-24-17)18(27)26-16-4-2-1-3-15(16)19(21,22)23/h1-11H,(H,24,25)(H,26,27). The number of benzene rings is 2. The SMILES string of the molecule is O=C(Nc1ccccc1C(F)(F)F)c1ccnc(Nc2ccc(F)cc2)c1. The highest BCUT2D eigenvalue weighted by Crippen LogP contribution is 2.34. The third kappa shape index (κ3) is 4.60. The number of nitrogens with zero attached hydrogens (tertiary/aromatic N) is 1. The Balaban J connectivity index is 1.79. The second-order valence-electron chi connectivity index (χ2n) is 5.56. The zero-order valence-corrected chi connectivity index (χ0v) is 13.7. The van der Waals surface area contributed by atoms with E-state index in [2.05, 4.69) is 15.6 Å². The van der Waals surface area contributed by atoms with Gasteiger partial charge in [-0.3, -0.25) is 4.79 Å². The molecule has 0 unspecified atom stereocenters. The molecule has 27 heavy (non-hydrogen) atoms. The van der Waals surface area contributed by atoms with Crippen molar-refractivity contribution in [2.45, 2.75) is 6.18 Å². The molecule has 0 aliphatic carbocycles. The minimum Gasteiger partial charge on any atom is -0.340 e. The Morgan fingerprint density at radius 2 is 1.67 bits per heavy atom. The van der Waals surface area contributed by atoms with Gasteiger partial charge < -0.3 is 10.6 Å². The molecule has 0 saturated heterocycles. The predicted octanol–water partition coefficient (Wildman–Crippen LogP) is 5.24. The van der Waals surface area contributed by atoms with Crippen LogP contribution in [0.25, 0.3) is 0 Å². The van der Waals surface area contributed by atoms with Crippen LogP contribution in [0.1, 0.15) is 15.9 Å². The lowest BCUT2D eigenvalue weighted by Gasteiger charge is -2.14. The van der Waals surface area contributed by atoms with Crippen molar-refractivity contribution in [2.75, 3.05) is 10.6 Å². The van der Waals surface area contributed by atoms with Crippen LogP contribution < -0.4 is 10.6 Å². The molecule has 0 atom stereocenters. The topological polar surface area (TPSA) is 54.0 Å². The van der Waals surface area contributed by atoms with E-state index in [1.54, 1.807) is 0 Å². The number of amides is 1. The normalized spacial score (nSPS) is 11.1. The molecule has 0 spiro atoms. The molecule has 138 valence electrons. The first kappa shape index (κ1) is 18.4. The predicted molar refractivity (Wildman–Crippen MR) is 93.3 cm³/mol. The average molecular weight is 375 g/mol. The summed E-state index contributed by atoms with van der Waals surface area (Å²) in [5.41, 5.74) is -0.604. The summed E-state index contributed by atoms with van der Waals surface area (Å²) in [7, 11) is 0. The molecule has 2 aromatic carbocycles. The van der Waals surface area contributed by atoms with Crippen molar-refractivity contribution in [3.63, 3.8) is 0 Å². The van der Waals surface area contributed by atoms with Gasteiger partial charge in [-0.05, 0) is 48.5 Å². The summed E-state index contributed by atoms with van der Waals surface area (Å²) < 4.78 is 52.1. The van der Waals surface area contributed by atoms with E-state index >= 15 is 0 Å². The number of carbonyl (C=O) groups excluding carboxylic acids is 1. The van der Waals surface area contributed by atoms with E-state index < -0.39 is 23.5 Å². The minimum atomic E-state index is -4.59. The highest BCUT2D eigenvalue weighted by molar-refractivity contribution is 6.05. The Hall–Kier alpha value is -3.42. The maximum absolute atomic E-state index is 13.0. The van der Waals surface area contributed by atoms with Gasteiger partial charge >= 0.3 is 6.18 Å². The lowest BCUT2D eigenvalue weighted by molar-refractivity contribution is -0.136. The van der Waals surface area contributed by atoms with Crippen molar-refractivity contribution in [2.24, 2.45) is 0 Å². The quantitative estimate of drug-likeness (QED) is 0.614. The minimum absolute atomic E-state index is 0.117. The third-order valence-electron chi connectivity index (χ3n) is 3.62. The van der Waals surface area contributed by atoms with Crippen LogP contribution in [0.3, 0.4) is 0 Å². The fourth-order valence-electron chi connectivity index (χ4n) is 2.36. The van der Waals surface area contributed by atoms with E-state index in [1.165, 1.54) is 60.8 Å². The monoisotopic (exact) mass is 375 g/mol. The molecule has 0 aliphatic heterocycles. The van der Waals surface area contributed by atoms with E-state index in [9.17, 15) is 22.4 Å². The molecule has 0 aliphatic rings. The van der Waals surface area contributed by atoms with E-state index in [4.69, 9.17) is 0 Å². The molecule has 0 fully saturated rings. The van der Waals surface area contributed by atoms with Crippen LogP contribution in [-0.4, -0.2) is 10.9 Å². The molecule has 0 saturated carbocycles. The Bertz CT molecular complexity index is 956. The lowest BCUT2D eigenvalue weighted by atomic mass is 10.1. The van der Waals surface area contributed by atoms with Crippen molar-refractivity contribution >= 4 is 23.1 Å². The van der Waals surface area contributed by atoms with Crippen LogP contribution >= 0.6 is 0 Å². The number of pyridine rings is 1. The van der Waals surface area contributed by atoms with Gasteiger partial charge in [-0.15, -0.1) is 0 Å². The fourth-order valence-corrected chi connectivity index (χ4v) is 2.36. The molecular formula is C19H13F4N3O. The Labute approximate surface area is 151 Å². The van der Waals surface area contributed by atoms with Gasteiger partial charge in [0.2, 0.25) is 0 Å². The van der Waals surface area contributed by atoms with Crippen LogP contribution in [0.4, 0.5) is 34.8 Å². The van der Waals surface area contributed by atoms with Crippen LogP contribution in [-0.2, 0) is 6.18 Å². The van der Waals surface area contributed by atoms with Gasteiger partial charge in [-0.25, -0.2) is 9.37 Å². The van der Waals surface area contributed by atoms with E-state index in [-0.39, 0.29) is 11.3 Å². The Morgan fingerprint density at radius 1 is 0.963 bits per heavy atom. The molecule has 0 radical (unpaired) electrons. The highest BCUT2D eigenvalue weighted by Gasteiger charge is 2.33. The number of halogens is 4. The number of hydrogen-bond donors (Lipinski definition) is 2. The number of hydrogen-bond acceptors (Lipinski definition) is 3. The average Bonchev–Trinajstić information content (AvgIpc) is 2.63. The lowest BCUT2D eigenvalue weighted by Crippen LogP contribution is -2.16. The number of anilines is 3. The zero-order chi connectivity index (χ0) is 19.4. The van der Waals surface area contributed by atoms with Gasteiger partial charge in [-0.2, -0.15) is 13.2 Å². The molecule has 1 aromatic heterocycles. The van der Waals surface area contributed by atoms with Crippen molar-refractivity contribution in [3.8, 4) is 0 Å². The first-order valence-electron chi connectivity index (χ1n) is 7.79.